The molecule has 0 aliphatic carbocycles. The van der Waals surface area contributed by atoms with Gasteiger partial charge in [0.2, 0.25) is 0 Å². The Labute approximate surface area is 302 Å². The molecule has 18 heteroatoms. The quantitative estimate of drug-likeness (QED) is 0.0762. The largest absolute Gasteiger partial charge is 0.505 e. The molecule has 6 nitrogen and oxygen atoms in total. The molecule has 0 amide bonds. The van der Waals surface area contributed by atoms with Crippen molar-refractivity contribution >= 4 is 10.9 Å². The van der Waals surface area contributed by atoms with Crippen LogP contribution in [-0.2, 0) is 11.2 Å². The highest BCUT2D eigenvalue weighted by molar-refractivity contribution is 5.90. The minimum Gasteiger partial charge on any atom is -0.505 e. The van der Waals surface area contributed by atoms with Gasteiger partial charge in [0.1, 0.15) is 11.3 Å². The number of aromatic hydroxyl groups is 1. The number of alkyl halides is 12. The normalized spacial score (nSPS) is 13.0. The second-order valence-electron chi connectivity index (χ2n) is 12.5. The summed E-state index contributed by atoms with van der Waals surface area (Å²) >= 11 is 0. The SMILES string of the molecule is CCCCCNCCCCC.CCCCCNCCCCC.Oc1c(C(O)(C(F)(F)F)C(F)(F)F)cc(C(O)(C(F)(F)F)C(F)(F)F)c2cccnc12. The molecular formula is C35H53F12N3O3. The van der Waals surface area contributed by atoms with Gasteiger partial charge in [0, 0.05) is 22.7 Å². The van der Waals surface area contributed by atoms with E-state index in [0.29, 0.717) is 18.3 Å². The molecule has 2 rings (SSSR count). The Balaban J connectivity index is 0.00000100. The van der Waals surface area contributed by atoms with Crippen LogP contribution in [0.1, 0.15) is 116 Å². The van der Waals surface area contributed by atoms with Crippen LogP contribution in [0.5, 0.6) is 5.75 Å². The summed E-state index contributed by atoms with van der Waals surface area (Å²) in [6.07, 6.45) is -10.3. The number of fused-ring (bicyclic) bond motifs is 1. The molecule has 0 aliphatic heterocycles. The van der Waals surface area contributed by atoms with E-state index in [1.54, 1.807) is 0 Å². The van der Waals surface area contributed by atoms with E-state index < -0.39 is 69.8 Å². The highest BCUT2D eigenvalue weighted by Crippen LogP contribution is 2.57. The lowest BCUT2D eigenvalue weighted by Gasteiger charge is -2.36. The molecule has 0 atom stereocenters. The monoisotopic (exact) mass is 791 g/mol. The molecule has 1 heterocycles. The predicted octanol–water partition coefficient (Wildman–Crippen LogP) is 10.5. The number of hydrogen-bond donors (Lipinski definition) is 5. The molecule has 0 spiro atoms. The minimum absolute atomic E-state index is 0.323. The Morgan fingerprint density at radius 1 is 0.528 bits per heavy atom. The van der Waals surface area contributed by atoms with E-state index >= 15 is 0 Å². The molecule has 1 aromatic carbocycles. The molecule has 0 unspecified atom stereocenters. The fourth-order valence-corrected chi connectivity index (χ4v) is 4.99. The maximum Gasteiger partial charge on any atom is 0.430 e. The number of halogens is 12. The van der Waals surface area contributed by atoms with Gasteiger partial charge in [-0.05, 0) is 64.0 Å². The standard InChI is InChI=1S/C15H7F12NO3.2C10H23N/c16-12(17,18)10(30,13(19,20)21)6-4-7(9(29)8-5(6)2-1-3-28-8)11(31,14(22,23)24)15(25,26)27;2*1-3-5-7-9-11-10-8-6-4-2/h1-4,29-31H;2*11H,3-10H2,1-2H3. The summed E-state index contributed by atoms with van der Waals surface area (Å²) in [4.78, 5) is 3.02. The number of aromatic nitrogens is 1. The van der Waals surface area contributed by atoms with Crippen LogP contribution in [0.25, 0.3) is 10.9 Å². The zero-order chi connectivity index (χ0) is 41.2. The minimum atomic E-state index is -6.78. The highest BCUT2D eigenvalue weighted by atomic mass is 19.4. The van der Waals surface area contributed by atoms with Gasteiger partial charge in [0.15, 0.2) is 0 Å². The summed E-state index contributed by atoms with van der Waals surface area (Å²) in [6, 6.07) is -0.0943. The van der Waals surface area contributed by atoms with E-state index in [9.17, 15) is 68.0 Å². The lowest BCUT2D eigenvalue weighted by Crippen LogP contribution is -2.56. The fraction of sp³-hybridized carbons (Fsp3) is 0.743. The van der Waals surface area contributed by atoms with Gasteiger partial charge in [0.05, 0.1) is 0 Å². The number of nitrogens with one attached hydrogen (secondary N) is 2. The number of pyridine rings is 1. The topological polar surface area (TPSA) is 97.6 Å². The van der Waals surface area contributed by atoms with Gasteiger partial charge < -0.3 is 26.0 Å². The van der Waals surface area contributed by atoms with E-state index in [1.165, 1.54) is 103 Å². The summed E-state index contributed by atoms with van der Waals surface area (Å²) in [7, 11) is 0. The van der Waals surface area contributed by atoms with Crippen molar-refractivity contribution < 1.29 is 68.0 Å². The molecule has 0 saturated carbocycles. The lowest BCUT2D eigenvalue weighted by atomic mass is 9.82. The van der Waals surface area contributed by atoms with Gasteiger partial charge in [-0.1, -0.05) is 85.1 Å². The van der Waals surface area contributed by atoms with Crippen molar-refractivity contribution in [1.82, 2.24) is 15.6 Å². The number of rotatable bonds is 18. The summed E-state index contributed by atoms with van der Waals surface area (Å²) in [5.41, 5.74) is -19.1. The number of nitrogens with zero attached hydrogens (tertiary/aromatic N) is 1. The van der Waals surface area contributed by atoms with Crippen LogP contribution in [-0.4, -0.2) is 71.2 Å². The second-order valence-corrected chi connectivity index (χ2v) is 12.5. The van der Waals surface area contributed by atoms with Gasteiger partial charge in [-0.25, -0.2) is 0 Å². The maximum atomic E-state index is 13.3. The zero-order valence-corrected chi connectivity index (χ0v) is 30.4. The van der Waals surface area contributed by atoms with Crippen molar-refractivity contribution in [3.05, 3.63) is 35.5 Å². The first kappa shape index (κ1) is 50.4. The van der Waals surface area contributed by atoms with Crippen LogP contribution in [0.4, 0.5) is 52.7 Å². The Kier molecular flexibility index (Phi) is 21.6. The molecular weight excluding hydrogens is 738 g/mol. The first-order chi connectivity index (χ1) is 24.4. The molecule has 5 N–H and O–H groups in total. The Bertz CT molecular complexity index is 1240. The molecule has 53 heavy (non-hydrogen) atoms. The third-order valence-electron chi connectivity index (χ3n) is 8.11. The van der Waals surface area contributed by atoms with E-state index in [4.69, 9.17) is 0 Å². The first-order valence-corrected chi connectivity index (χ1v) is 17.7. The van der Waals surface area contributed by atoms with E-state index in [2.05, 4.69) is 43.3 Å². The van der Waals surface area contributed by atoms with Gasteiger partial charge in [-0.3, -0.25) is 4.98 Å². The number of unbranched alkanes of at least 4 members (excludes halogenated alkanes) is 8. The van der Waals surface area contributed by atoms with Crippen molar-refractivity contribution in [3.63, 3.8) is 0 Å². The molecule has 0 fully saturated rings. The van der Waals surface area contributed by atoms with Crippen LogP contribution >= 0.6 is 0 Å². The van der Waals surface area contributed by atoms with Crippen molar-refractivity contribution in [2.75, 3.05) is 26.2 Å². The number of phenols is 1. The summed E-state index contributed by atoms with van der Waals surface area (Å²) < 4.78 is 158. The molecule has 1 aromatic heterocycles. The van der Waals surface area contributed by atoms with Crippen molar-refractivity contribution in [2.24, 2.45) is 0 Å². The van der Waals surface area contributed by atoms with Crippen LogP contribution in [0.2, 0.25) is 0 Å². The van der Waals surface area contributed by atoms with E-state index in [-0.39, 0.29) is 0 Å². The number of hydrogen-bond acceptors (Lipinski definition) is 6. The first-order valence-electron chi connectivity index (χ1n) is 17.7. The Morgan fingerprint density at radius 2 is 0.849 bits per heavy atom. The van der Waals surface area contributed by atoms with Gasteiger partial charge >= 0.3 is 24.7 Å². The van der Waals surface area contributed by atoms with Crippen LogP contribution in [0, 0.1) is 0 Å². The third-order valence-corrected chi connectivity index (χ3v) is 8.11. The average molecular weight is 792 g/mol. The van der Waals surface area contributed by atoms with Crippen LogP contribution < -0.4 is 10.6 Å². The van der Waals surface area contributed by atoms with E-state index in [0.717, 1.165) is 0 Å². The molecule has 0 aliphatic rings. The molecule has 2 aromatic rings. The van der Waals surface area contributed by atoms with Crippen molar-refractivity contribution in [3.8, 4) is 5.75 Å². The van der Waals surface area contributed by atoms with Crippen LogP contribution in [0.15, 0.2) is 24.4 Å². The van der Waals surface area contributed by atoms with Crippen LogP contribution in [0.3, 0.4) is 0 Å². The fourth-order valence-electron chi connectivity index (χ4n) is 4.99. The van der Waals surface area contributed by atoms with E-state index in [1.807, 2.05) is 0 Å². The summed E-state index contributed by atoms with van der Waals surface area (Å²) in [6.45, 7) is 13.9. The highest BCUT2D eigenvalue weighted by Gasteiger charge is 2.75. The average Bonchev–Trinajstić information content (AvgIpc) is 3.06. The Hall–Kier alpha value is -2.57. The van der Waals surface area contributed by atoms with Gasteiger partial charge in [-0.2, -0.15) is 52.7 Å². The van der Waals surface area contributed by atoms with Crippen molar-refractivity contribution in [2.45, 2.75) is 141 Å². The zero-order valence-electron chi connectivity index (χ0n) is 30.4. The molecule has 0 radical (unpaired) electrons. The maximum absolute atomic E-state index is 13.3. The second kappa shape index (κ2) is 22.7. The van der Waals surface area contributed by atoms with Gasteiger partial charge in [0.25, 0.3) is 11.2 Å². The third kappa shape index (κ3) is 14.2. The Morgan fingerprint density at radius 3 is 1.15 bits per heavy atom. The molecule has 310 valence electrons. The summed E-state index contributed by atoms with van der Waals surface area (Å²) in [5.74, 6) is -2.21. The molecule has 0 bridgehead atoms. The van der Waals surface area contributed by atoms with Crippen molar-refractivity contribution in [1.29, 1.82) is 0 Å². The molecule has 0 saturated heterocycles. The smallest absolute Gasteiger partial charge is 0.430 e. The lowest BCUT2D eigenvalue weighted by molar-refractivity contribution is -0.378. The van der Waals surface area contributed by atoms with Gasteiger partial charge in [-0.15, -0.1) is 0 Å². The predicted molar refractivity (Wildman–Crippen MR) is 179 cm³/mol. The number of aliphatic hydroxyl groups is 2. The summed E-state index contributed by atoms with van der Waals surface area (Å²) in [5, 5.41) is 34.2. The number of phenolic OH excluding ortho intramolecular Hbond substituents is 1. The number of benzene rings is 1.